The molecule has 0 unspecified atom stereocenters. The zero-order valence-corrected chi connectivity index (χ0v) is 14.9. The first-order valence-corrected chi connectivity index (χ1v) is 9.11. The van der Waals surface area contributed by atoms with Gasteiger partial charge in [0.1, 0.15) is 5.75 Å². The van der Waals surface area contributed by atoms with Gasteiger partial charge in [0, 0.05) is 23.6 Å². The van der Waals surface area contributed by atoms with Crippen molar-refractivity contribution in [3.8, 4) is 5.75 Å². The van der Waals surface area contributed by atoms with Gasteiger partial charge in [-0.15, -0.1) is 0 Å². The maximum Gasteiger partial charge on any atom is 0.244 e. The molecule has 0 atom stereocenters. The van der Waals surface area contributed by atoms with Crippen molar-refractivity contribution >= 4 is 26.0 Å². The molecule has 0 radical (unpaired) electrons. The van der Waals surface area contributed by atoms with E-state index in [9.17, 15) is 8.42 Å². The third-order valence-corrected chi connectivity index (χ3v) is 6.01. The standard InChI is InChI=1S/C16H18BrNO3S/c1-3-21-15-10-6-4-8-13(15)12-18(2)22(19,20)16-11-7-5-9-14(16)17/h4-11H,3,12H2,1-2H3. The molecular weight excluding hydrogens is 366 g/mol. The van der Waals surface area contributed by atoms with Gasteiger partial charge in [0.05, 0.1) is 11.5 Å². The van der Waals surface area contributed by atoms with Gasteiger partial charge in [-0.3, -0.25) is 0 Å². The maximum atomic E-state index is 12.7. The van der Waals surface area contributed by atoms with Crippen LogP contribution in [0.5, 0.6) is 5.75 Å². The third kappa shape index (κ3) is 3.69. The Hall–Kier alpha value is -1.37. The first-order chi connectivity index (χ1) is 10.5. The fourth-order valence-electron chi connectivity index (χ4n) is 2.08. The number of hydrogen-bond donors (Lipinski definition) is 0. The lowest BCUT2D eigenvalue weighted by atomic mass is 10.2. The van der Waals surface area contributed by atoms with Gasteiger partial charge >= 0.3 is 0 Å². The van der Waals surface area contributed by atoms with Crippen molar-refractivity contribution in [1.82, 2.24) is 4.31 Å². The van der Waals surface area contributed by atoms with Gasteiger partial charge < -0.3 is 4.74 Å². The zero-order chi connectivity index (χ0) is 16.2. The Kier molecular flexibility index (Phi) is 5.61. The molecular formula is C16H18BrNO3S. The average molecular weight is 384 g/mol. The van der Waals surface area contributed by atoms with E-state index in [1.807, 2.05) is 31.2 Å². The van der Waals surface area contributed by atoms with Crippen LogP contribution in [0.4, 0.5) is 0 Å². The lowest BCUT2D eigenvalue weighted by molar-refractivity contribution is 0.332. The number of halogens is 1. The van der Waals surface area contributed by atoms with Crippen molar-refractivity contribution in [3.05, 3.63) is 58.6 Å². The molecule has 2 aromatic carbocycles. The summed E-state index contributed by atoms with van der Waals surface area (Å²) in [5, 5.41) is 0. The van der Waals surface area contributed by atoms with Gasteiger partial charge in [0.25, 0.3) is 0 Å². The smallest absolute Gasteiger partial charge is 0.244 e. The minimum absolute atomic E-state index is 0.250. The maximum absolute atomic E-state index is 12.7. The first kappa shape index (κ1) is 17.0. The lowest BCUT2D eigenvalue weighted by Gasteiger charge is -2.19. The Bertz CT molecular complexity index is 747. The Morgan fingerprint density at radius 2 is 1.73 bits per heavy atom. The summed E-state index contributed by atoms with van der Waals surface area (Å²) in [6.07, 6.45) is 0. The van der Waals surface area contributed by atoms with Gasteiger partial charge in [-0.2, -0.15) is 4.31 Å². The van der Waals surface area contributed by atoms with Gasteiger partial charge in [0.15, 0.2) is 0 Å². The summed E-state index contributed by atoms with van der Waals surface area (Å²) in [6, 6.07) is 14.3. The zero-order valence-electron chi connectivity index (χ0n) is 12.5. The van der Waals surface area contributed by atoms with Crippen LogP contribution in [-0.2, 0) is 16.6 Å². The van der Waals surface area contributed by atoms with E-state index in [4.69, 9.17) is 4.74 Å². The fourth-order valence-corrected chi connectivity index (χ4v) is 4.19. The van der Waals surface area contributed by atoms with Crippen molar-refractivity contribution in [3.63, 3.8) is 0 Å². The second-order valence-corrected chi connectivity index (χ2v) is 7.60. The third-order valence-electron chi connectivity index (χ3n) is 3.19. The first-order valence-electron chi connectivity index (χ1n) is 6.88. The Balaban J connectivity index is 2.29. The number of hydrogen-bond acceptors (Lipinski definition) is 3. The molecule has 4 nitrogen and oxygen atoms in total. The van der Waals surface area contributed by atoms with E-state index < -0.39 is 10.0 Å². The highest BCUT2D eigenvalue weighted by atomic mass is 79.9. The number of rotatable bonds is 6. The van der Waals surface area contributed by atoms with Gasteiger partial charge in [-0.25, -0.2) is 8.42 Å². The summed E-state index contributed by atoms with van der Waals surface area (Å²) in [4.78, 5) is 0.256. The number of nitrogens with zero attached hydrogens (tertiary/aromatic N) is 1. The van der Waals surface area contributed by atoms with Crippen LogP contribution in [0.3, 0.4) is 0 Å². The van der Waals surface area contributed by atoms with Crippen LogP contribution in [0.25, 0.3) is 0 Å². The van der Waals surface area contributed by atoms with Crippen LogP contribution in [0.2, 0.25) is 0 Å². The highest BCUT2D eigenvalue weighted by Crippen LogP contribution is 2.26. The van der Waals surface area contributed by atoms with Crippen LogP contribution < -0.4 is 4.74 Å². The molecule has 0 aliphatic carbocycles. The summed E-state index contributed by atoms with van der Waals surface area (Å²) < 4.78 is 32.8. The minimum atomic E-state index is -3.57. The number of benzene rings is 2. The summed E-state index contributed by atoms with van der Waals surface area (Å²) in [7, 11) is -2.00. The summed E-state index contributed by atoms with van der Waals surface area (Å²) in [5.41, 5.74) is 0.836. The van der Waals surface area contributed by atoms with Crippen LogP contribution in [0.1, 0.15) is 12.5 Å². The van der Waals surface area contributed by atoms with Crippen molar-refractivity contribution in [2.75, 3.05) is 13.7 Å². The second-order valence-electron chi connectivity index (χ2n) is 4.73. The monoisotopic (exact) mass is 383 g/mol. The molecule has 2 aromatic rings. The molecule has 0 heterocycles. The van der Waals surface area contributed by atoms with E-state index in [0.29, 0.717) is 16.8 Å². The normalized spacial score (nSPS) is 11.6. The molecule has 118 valence electrons. The molecule has 0 spiro atoms. The fraction of sp³-hybridized carbons (Fsp3) is 0.250. The molecule has 22 heavy (non-hydrogen) atoms. The average Bonchev–Trinajstić information content (AvgIpc) is 2.49. The van der Waals surface area contributed by atoms with Crippen LogP contribution in [0.15, 0.2) is 57.9 Å². The van der Waals surface area contributed by atoms with Crippen LogP contribution in [0, 0.1) is 0 Å². The molecule has 0 saturated heterocycles. The molecule has 6 heteroatoms. The molecule has 0 saturated carbocycles. The van der Waals surface area contributed by atoms with Gasteiger partial charge in [-0.05, 0) is 41.1 Å². The van der Waals surface area contributed by atoms with E-state index >= 15 is 0 Å². The lowest BCUT2D eigenvalue weighted by Crippen LogP contribution is -2.27. The largest absolute Gasteiger partial charge is 0.494 e. The number of para-hydroxylation sites is 1. The Labute approximate surface area is 139 Å². The van der Waals surface area contributed by atoms with Crippen molar-refractivity contribution < 1.29 is 13.2 Å². The molecule has 0 N–H and O–H groups in total. The Morgan fingerprint density at radius 1 is 1.09 bits per heavy atom. The summed E-state index contributed by atoms with van der Waals surface area (Å²) in [5.74, 6) is 0.708. The molecule has 0 amide bonds. The summed E-state index contributed by atoms with van der Waals surface area (Å²) >= 11 is 3.29. The molecule has 0 aromatic heterocycles. The van der Waals surface area contributed by atoms with E-state index in [1.165, 1.54) is 4.31 Å². The number of sulfonamides is 1. The molecule has 0 fully saturated rings. The molecule has 2 rings (SSSR count). The molecule has 0 aliphatic rings. The predicted octanol–water partition coefficient (Wildman–Crippen LogP) is 3.67. The number of ether oxygens (including phenoxy) is 1. The van der Waals surface area contributed by atoms with Gasteiger partial charge in [-0.1, -0.05) is 30.3 Å². The molecule has 0 aliphatic heterocycles. The van der Waals surface area contributed by atoms with E-state index in [-0.39, 0.29) is 11.4 Å². The van der Waals surface area contributed by atoms with E-state index in [0.717, 1.165) is 5.56 Å². The van der Waals surface area contributed by atoms with Crippen LogP contribution in [-0.4, -0.2) is 26.4 Å². The minimum Gasteiger partial charge on any atom is -0.494 e. The van der Waals surface area contributed by atoms with Crippen molar-refractivity contribution in [1.29, 1.82) is 0 Å². The van der Waals surface area contributed by atoms with Gasteiger partial charge in [0.2, 0.25) is 10.0 Å². The van der Waals surface area contributed by atoms with E-state index in [2.05, 4.69) is 15.9 Å². The summed E-state index contributed by atoms with van der Waals surface area (Å²) in [6.45, 7) is 2.69. The van der Waals surface area contributed by atoms with E-state index in [1.54, 1.807) is 31.3 Å². The second kappa shape index (κ2) is 7.26. The van der Waals surface area contributed by atoms with Crippen LogP contribution >= 0.6 is 15.9 Å². The highest BCUT2D eigenvalue weighted by molar-refractivity contribution is 9.10. The SMILES string of the molecule is CCOc1ccccc1CN(C)S(=O)(=O)c1ccccc1Br. The quantitative estimate of drug-likeness (QED) is 0.764. The van der Waals surface area contributed by atoms with Crippen molar-refractivity contribution in [2.45, 2.75) is 18.4 Å². The molecule has 0 bridgehead atoms. The Morgan fingerprint density at radius 3 is 2.41 bits per heavy atom. The predicted molar refractivity (Wildman–Crippen MR) is 90.4 cm³/mol. The topological polar surface area (TPSA) is 46.6 Å². The highest BCUT2D eigenvalue weighted by Gasteiger charge is 2.23. The van der Waals surface area contributed by atoms with Crippen molar-refractivity contribution in [2.24, 2.45) is 0 Å².